The number of hydrogen-bond donors (Lipinski definition) is 0. The van der Waals surface area contributed by atoms with E-state index in [1.165, 1.54) is 12.1 Å². The van der Waals surface area contributed by atoms with Crippen molar-refractivity contribution in [2.45, 2.75) is 18.8 Å². The van der Waals surface area contributed by atoms with E-state index in [0.717, 1.165) is 16.7 Å². The molecule has 0 bridgehead atoms. The third-order valence-corrected chi connectivity index (χ3v) is 3.52. The Balaban J connectivity index is 2.40. The molecule has 0 heterocycles. The maximum atomic E-state index is 13.4. The van der Waals surface area contributed by atoms with E-state index in [0.29, 0.717) is 19.4 Å². The van der Waals surface area contributed by atoms with E-state index in [-0.39, 0.29) is 17.6 Å². The van der Waals surface area contributed by atoms with Gasteiger partial charge in [-0.3, -0.25) is 0 Å². The number of methoxy groups -OCH3 is 1. The summed E-state index contributed by atoms with van der Waals surface area (Å²) in [5.41, 5.74) is 2.90. The summed E-state index contributed by atoms with van der Waals surface area (Å²) >= 11 is 0. The van der Waals surface area contributed by atoms with Crippen molar-refractivity contribution in [3.05, 3.63) is 71.4 Å². The fraction of sp³-hybridized carbons (Fsp3) is 0.294. The van der Waals surface area contributed by atoms with Crippen LogP contribution in [-0.2, 0) is 4.74 Å². The Morgan fingerprint density at radius 2 is 1.95 bits per heavy atom. The fourth-order valence-corrected chi connectivity index (χ4v) is 2.56. The van der Waals surface area contributed by atoms with Crippen molar-refractivity contribution in [1.82, 2.24) is 0 Å². The smallest absolute Gasteiger partial charge is 0.123 e. The number of benzene rings is 1. The lowest BCUT2D eigenvalue weighted by Gasteiger charge is -2.23. The molecule has 0 spiro atoms. The van der Waals surface area contributed by atoms with Crippen molar-refractivity contribution >= 4 is 0 Å². The van der Waals surface area contributed by atoms with E-state index in [9.17, 15) is 8.78 Å². The van der Waals surface area contributed by atoms with Crippen LogP contribution in [0.5, 0.6) is 0 Å². The van der Waals surface area contributed by atoms with Gasteiger partial charge in [-0.25, -0.2) is 8.78 Å². The molecule has 1 atom stereocenters. The zero-order chi connectivity index (χ0) is 14.5. The summed E-state index contributed by atoms with van der Waals surface area (Å²) in [6.07, 6.45) is 4.39. The molecule has 20 heavy (non-hydrogen) atoms. The largest absolute Gasteiger partial charge is 0.380 e. The minimum Gasteiger partial charge on any atom is -0.380 e. The van der Waals surface area contributed by atoms with Crippen molar-refractivity contribution in [2.75, 3.05) is 13.7 Å². The molecule has 0 saturated carbocycles. The predicted molar refractivity (Wildman–Crippen MR) is 76.7 cm³/mol. The number of rotatable bonds is 5. The molecule has 3 heteroatoms. The van der Waals surface area contributed by atoms with Crippen molar-refractivity contribution in [2.24, 2.45) is 0 Å². The Morgan fingerprint density at radius 3 is 2.55 bits per heavy atom. The highest BCUT2D eigenvalue weighted by molar-refractivity contribution is 5.42. The SMILES string of the molecule is C=CC(C1=C(COC)C=C(F)CC1)c1ccc(F)cc1. The summed E-state index contributed by atoms with van der Waals surface area (Å²) in [5.74, 6) is -0.426. The van der Waals surface area contributed by atoms with Crippen LogP contribution < -0.4 is 0 Å². The van der Waals surface area contributed by atoms with Gasteiger partial charge in [-0.15, -0.1) is 6.58 Å². The Bertz CT molecular complexity index is 541. The average Bonchev–Trinajstić information content (AvgIpc) is 2.44. The Kier molecular flexibility index (Phi) is 4.85. The summed E-state index contributed by atoms with van der Waals surface area (Å²) in [6.45, 7) is 4.23. The molecular weight excluding hydrogens is 258 g/mol. The van der Waals surface area contributed by atoms with E-state index in [1.807, 2.05) is 6.08 Å². The normalized spacial score (nSPS) is 16.9. The van der Waals surface area contributed by atoms with Crippen molar-refractivity contribution in [3.63, 3.8) is 0 Å². The molecular formula is C17H18F2O. The maximum Gasteiger partial charge on any atom is 0.123 e. The lowest BCUT2D eigenvalue weighted by molar-refractivity contribution is 0.226. The molecule has 0 saturated heterocycles. The summed E-state index contributed by atoms with van der Waals surface area (Å²) < 4.78 is 31.6. The minimum atomic E-state index is -0.266. The van der Waals surface area contributed by atoms with Gasteiger partial charge in [0.05, 0.1) is 6.61 Å². The topological polar surface area (TPSA) is 9.23 Å². The monoisotopic (exact) mass is 276 g/mol. The van der Waals surface area contributed by atoms with Crippen LogP contribution in [0.2, 0.25) is 0 Å². The van der Waals surface area contributed by atoms with Crippen molar-refractivity contribution in [1.29, 1.82) is 0 Å². The van der Waals surface area contributed by atoms with E-state index in [1.54, 1.807) is 25.3 Å². The lowest BCUT2D eigenvalue weighted by atomic mass is 9.83. The standard InChI is InChI=1S/C17H18F2O/c1-3-16(12-4-6-14(18)7-5-12)17-9-8-15(19)10-13(17)11-20-2/h3-7,10,16H,1,8-9,11H2,2H3. The molecule has 0 N–H and O–H groups in total. The molecule has 0 fully saturated rings. The molecule has 1 aliphatic carbocycles. The van der Waals surface area contributed by atoms with Gasteiger partial charge in [0.2, 0.25) is 0 Å². The maximum absolute atomic E-state index is 13.4. The Labute approximate surface area is 118 Å². The zero-order valence-electron chi connectivity index (χ0n) is 11.5. The first-order valence-corrected chi connectivity index (χ1v) is 6.60. The van der Waals surface area contributed by atoms with Gasteiger partial charge >= 0.3 is 0 Å². The number of allylic oxidation sites excluding steroid dienone is 3. The molecule has 106 valence electrons. The molecule has 1 aliphatic rings. The highest BCUT2D eigenvalue weighted by Crippen LogP contribution is 2.36. The van der Waals surface area contributed by atoms with Crippen LogP contribution >= 0.6 is 0 Å². The Morgan fingerprint density at radius 1 is 1.25 bits per heavy atom. The highest BCUT2D eigenvalue weighted by atomic mass is 19.1. The van der Waals surface area contributed by atoms with Crippen molar-refractivity contribution in [3.8, 4) is 0 Å². The zero-order valence-corrected chi connectivity index (χ0v) is 11.5. The van der Waals surface area contributed by atoms with Crippen LogP contribution in [0.3, 0.4) is 0 Å². The molecule has 1 unspecified atom stereocenters. The number of halogens is 2. The van der Waals surface area contributed by atoms with Gasteiger partial charge in [0, 0.05) is 19.4 Å². The first-order valence-electron chi connectivity index (χ1n) is 6.60. The van der Waals surface area contributed by atoms with Crippen LogP contribution in [0.1, 0.15) is 24.3 Å². The lowest BCUT2D eigenvalue weighted by Crippen LogP contribution is -2.09. The van der Waals surface area contributed by atoms with E-state index < -0.39 is 0 Å². The van der Waals surface area contributed by atoms with E-state index in [4.69, 9.17) is 4.74 Å². The fourth-order valence-electron chi connectivity index (χ4n) is 2.56. The predicted octanol–water partition coefficient (Wildman–Crippen LogP) is 4.69. The third kappa shape index (κ3) is 3.23. The van der Waals surface area contributed by atoms with E-state index in [2.05, 4.69) is 6.58 Å². The molecule has 0 aromatic heterocycles. The van der Waals surface area contributed by atoms with Crippen LogP contribution in [0.15, 0.2) is 60.0 Å². The highest BCUT2D eigenvalue weighted by Gasteiger charge is 2.21. The molecule has 1 aromatic carbocycles. The summed E-state index contributed by atoms with van der Waals surface area (Å²) in [4.78, 5) is 0. The summed E-state index contributed by atoms with van der Waals surface area (Å²) in [7, 11) is 1.59. The van der Waals surface area contributed by atoms with Gasteiger partial charge in [0.25, 0.3) is 0 Å². The third-order valence-electron chi connectivity index (χ3n) is 3.52. The quantitative estimate of drug-likeness (QED) is 0.709. The van der Waals surface area contributed by atoms with Gasteiger partial charge in [-0.1, -0.05) is 23.8 Å². The second-order valence-electron chi connectivity index (χ2n) is 4.84. The van der Waals surface area contributed by atoms with Gasteiger partial charge < -0.3 is 4.74 Å². The molecule has 0 amide bonds. The second-order valence-corrected chi connectivity index (χ2v) is 4.84. The van der Waals surface area contributed by atoms with Gasteiger partial charge in [-0.05, 0) is 35.8 Å². The Hall–Kier alpha value is -1.74. The molecule has 2 rings (SSSR count). The van der Waals surface area contributed by atoms with Crippen LogP contribution in [0.25, 0.3) is 0 Å². The molecule has 0 aliphatic heterocycles. The van der Waals surface area contributed by atoms with Crippen LogP contribution in [0, 0.1) is 5.82 Å². The summed E-state index contributed by atoms with van der Waals surface area (Å²) in [5, 5.41) is 0. The van der Waals surface area contributed by atoms with Crippen LogP contribution in [-0.4, -0.2) is 13.7 Å². The van der Waals surface area contributed by atoms with Crippen LogP contribution in [0.4, 0.5) is 8.78 Å². The van der Waals surface area contributed by atoms with Crippen molar-refractivity contribution < 1.29 is 13.5 Å². The average molecular weight is 276 g/mol. The molecule has 1 nitrogen and oxygen atoms in total. The first kappa shape index (κ1) is 14.7. The van der Waals surface area contributed by atoms with Gasteiger partial charge in [0.15, 0.2) is 0 Å². The summed E-state index contributed by atoms with van der Waals surface area (Å²) in [6, 6.07) is 6.35. The van der Waals surface area contributed by atoms with E-state index >= 15 is 0 Å². The second kappa shape index (κ2) is 6.62. The van der Waals surface area contributed by atoms with Gasteiger partial charge in [-0.2, -0.15) is 0 Å². The molecule has 1 aromatic rings. The first-order chi connectivity index (χ1) is 9.65. The van der Waals surface area contributed by atoms with Gasteiger partial charge in [0.1, 0.15) is 11.6 Å². The number of hydrogen-bond acceptors (Lipinski definition) is 1. The molecule has 0 radical (unpaired) electrons. The minimum absolute atomic E-state index is 0.0369. The number of ether oxygens (including phenoxy) is 1.